The van der Waals surface area contributed by atoms with Gasteiger partial charge in [0.1, 0.15) is 5.58 Å². The molecule has 1 unspecified atom stereocenters. The van der Waals surface area contributed by atoms with Crippen molar-refractivity contribution in [2.75, 3.05) is 0 Å². The molecule has 4 rings (SSSR count). The SMILES string of the molecule is O=C(NC1CCc2ccccc21)c1cc(=O)c2cc(Cl)ccc2o1. The van der Waals surface area contributed by atoms with Gasteiger partial charge in [0, 0.05) is 11.1 Å². The Bertz CT molecular complexity index is 1010. The van der Waals surface area contributed by atoms with Crippen molar-refractivity contribution in [1.29, 1.82) is 0 Å². The van der Waals surface area contributed by atoms with Crippen LogP contribution in [-0.2, 0) is 6.42 Å². The second-order valence-corrected chi connectivity index (χ2v) is 6.32. The predicted octanol–water partition coefficient (Wildman–Crippen LogP) is 3.86. The summed E-state index contributed by atoms with van der Waals surface area (Å²) >= 11 is 5.89. The Balaban J connectivity index is 1.65. The Morgan fingerprint density at radius 1 is 1.17 bits per heavy atom. The minimum Gasteiger partial charge on any atom is -0.451 e. The summed E-state index contributed by atoms with van der Waals surface area (Å²) in [5.41, 5.74) is 2.44. The Hall–Kier alpha value is -2.59. The van der Waals surface area contributed by atoms with Crippen LogP contribution in [0.3, 0.4) is 0 Å². The molecule has 3 aromatic rings. The molecule has 1 atom stereocenters. The molecular formula is C19H14ClNO3. The number of aryl methyl sites for hydroxylation is 1. The average Bonchev–Trinajstić information content (AvgIpc) is 2.98. The van der Waals surface area contributed by atoms with Crippen LogP contribution in [0.2, 0.25) is 5.02 Å². The number of carbonyl (C=O) groups excluding carboxylic acids is 1. The number of fused-ring (bicyclic) bond motifs is 2. The molecule has 1 aromatic heterocycles. The highest BCUT2D eigenvalue weighted by atomic mass is 35.5. The van der Waals surface area contributed by atoms with E-state index in [-0.39, 0.29) is 23.1 Å². The number of halogens is 1. The third-order valence-electron chi connectivity index (χ3n) is 4.35. The molecule has 1 aliphatic rings. The summed E-state index contributed by atoms with van der Waals surface area (Å²) in [5, 5.41) is 3.78. The first-order valence-electron chi connectivity index (χ1n) is 7.74. The highest BCUT2D eigenvalue weighted by Gasteiger charge is 2.25. The molecule has 0 saturated heterocycles. The molecule has 24 heavy (non-hydrogen) atoms. The van der Waals surface area contributed by atoms with Crippen LogP contribution in [0.15, 0.2) is 57.7 Å². The Morgan fingerprint density at radius 2 is 2.00 bits per heavy atom. The number of rotatable bonds is 2. The molecule has 1 heterocycles. The van der Waals surface area contributed by atoms with E-state index < -0.39 is 0 Å². The van der Waals surface area contributed by atoms with Crippen LogP contribution in [0, 0.1) is 0 Å². The minimum atomic E-state index is -0.384. The molecule has 120 valence electrons. The van der Waals surface area contributed by atoms with E-state index in [1.54, 1.807) is 12.1 Å². The third-order valence-corrected chi connectivity index (χ3v) is 4.59. The van der Waals surface area contributed by atoms with Crippen LogP contribution in [0.1, 0.15) is 34.1 Å². The summed E-state index contributed by atoms with van der Waals surface area (Å²) in [4.78, 5) is 24.7. The number of hydrogen-bond donors (Lipinski definition) is 1. The Kier molecular flexibility index (Phi) is 3.62. The van der Waals surface area contributed by atoms with Gasteiger partial charge in [0.15, 0.2) is 11.2 Å². The number of amides is 1. The second kappa shape index (κ2) is 5.80. The van der Waals surface area contributed by atoms with E-state index in [4.69, 9.17) is 16.0 Å². The fourth-order valence-electron chi connectivity index (χ4n) is 3.18. The summed E-state index contributed by atoms with van der Waals surface area (Å²) in [6.45, 7) is 0. The zero-order valence-corrected chi connectivity index (χ0v) is 13.5. The molecule has 0 aliphatic heterocycles. The first kappa shape index (κ1) is 15.0. The number of carbonyl (C=O) groups is 1. The largest absolute Gasteiger partial charge is 0.451 e. The van der Waals surface area contributed by atoms with Gasteiger partial charge in [0.05, 0.1) is 11.4 Å². The third kappa shape index (κ3) is 2.59. The van der Waals surface area contributed by atoms with Gasteiger partial charge in [0.25, 0.3) is 5.91 Å². The Morgan fingerprint density at radius 3 is 2.88 bits per heavy atom. The summed E-state index contributed by atoms with van der Waals surface area (Å²) in [5.74, 6) is -0.371. The van der Waals surface area contributed by atoms with Crippen molar-refractivity contribution in [2.24, 2.45) is 0 Å². The maximum Gasteiger partial charge on any atom is 0.287 e. The molecule has 5 heteroatoms. The lowest BCUT2D eigenvalue weighted by atomic mass is 10.1. The van der Waals surface area contributed by atoms with Gasteiger partial charge in [-0.05, 0) is 42.2 Å². The highest BCUT2D eigenvalue weighted by molar-refractivity contribution is 6.31. The average molecular weight is 340 g/mol. The quantitative estimate of drug-likeness (QED) is 0.771. The van der Waals surface area contributed by atoms with Crippen LogP contribution in [0.25, 0.3) is 11.0 Å². The molecule has 2 aromatic carbocycles. The van der Waals surface area contributed by atoms with Crippen molar-refractivity contribution in [2.45, 2.75) is 18.9 Å². The van der Waals surface area contributed by atoms with Crippen molar-refractivity contribution in [3.63, 3.8) is 0 Å². The molecule has 0 saturated carbocycles. The molecular weight excluding hydrogens is 326 g/mol. The highest BCUT2D eigenvalue weighted by Crippen LogP contribution is 2.31. The first-order chi connectivity index (χ1) is 11.6. The number of hydrogen-bond acceptors (Lipinski definition) is 3. The van der Waals surface area contributed by atoms with Gasteiger partial charge >= 0.3 is 0 Å². The smallest absolute Gasteiger partial charge is 0.287 e. The van der Waals surface area contributed by atoms with Crippen molar-refractivity contribution < 1.29 is 9.21 Å². The zero-order valence-electron chi connectivity index (χ0n) is 12.7. The van der Waals surface area contributed by atoms with Crippen molar-refractivity contribution in [1.82, 2.24) is 5.32 Å². The standard InChI is InChI=1S/C19H14ClNO3/c20-12-6-8-17-14(9-12)16(22)10-18(24-17)19(23)21-15-7-5-11-3-1-2-4-13(11)15/h1-4,6,8-10,15H,5,7H2,(H,21,23). The van der Waals surface area contributed by atoms with E-state index in [1.165, 1.54) is 17.7 Å². The number of benzene rings is 2. The van der Waals surface area contributed by atoms with E-state index in [2.05, 4.69) is 11.4 Å². The summed E-state index contributed by atoms with van der Waals surface area (Å²) in [6, 6.07) is 14.0. The summed E-state index contributed by atoms with van der Waals surface area (Å²) in [7, 11) is 0. The summed E-state index contributed by atoms with van der Waals surface area (Å²) in [6.07, 6.45) is 1.78. The molecule has 1 N–H and O–H groups in total. The topological polar surface area (TPSA) is 59.3 Å². The van der Waals surface area contributed by atoms with E-state index in [0.29, 0.717) is 16.0 Å². The fraction of sp³-hybridized carbons (Fsp3) is 0.158. The van der Waals surface area contributed by atoms with E-state index in [9.17, 15) is 9.59 Å². The van der Waals surface area contributed by atoms with Crippen LogP contribution < -0.4 is 10.7 Å². The van der Waals surface area contributed by atoms with Gasteiger partial charge in [0.2, 0.25) is 0 Å². The maximum atomic E-state index is 12.5. The minimum absolute atomic E-state index is 0.0132. The predicted molar refractivity (Wildman–Crippen MR) is 92.5 cm³/mol. The lowest BCUT2D eigenvalue weighted by Gasteiger charge is -2.13. The van der Waals surface area contributed by atoms with Gasteiger partial charge in [-0.25, -0.2) is 0 Å². The van der Waals surface area contributed by atoms with Crippen LogP contribution >= 0.6 is 11.6 Å². The monoisotopic (exact) mass is 339 g/mol. The number of nitrogens with one attached hydrogen (secondary N) is 1. The fourth-order valence-corrected chi connectivity index (χ4v) is 3.35. The van der Waals surface area contributed by atoms with E-state index >= 15 is 0 Å². The first-order valence-corrected chi connectivity index (χ1v) is 8.12. The van der Waals surface area contributed by atoms with Crippen LogP contribution in [0.4, 0.5) is 0 Å². The van der Waals surface area contributed by atoms with Gasteiger partial charge in [-0.1, -0.05) is 35.9 Å². The van der Waals surface area contributed by atoms with Gasteiger partial charge < -0.3 is 9.73 Å². The zero-order chi connectivity index (χ0) is 16.7. The normalized spacial score (nSPS) is 16.1. The van der Waals surface area contributed by atoms with Crippen molar-refractivity contribution in [3.05, 3.63) is 80.7 Å². The van der Waals surface area contributed by atoms with Crippen LogP contribution in [-0.4, -0.2) is 5.91 Å². The van der Waals surface area contributed by atoms with Gasteiger partial charge in [-0.2, -0.15) is 0 Å². The van der Waals surface area contributed by atoms with E-state index in [0.717, 1.165) is 18.4 Å². The van der Waals surface area contributed by atoms with Crippen molar-refractivity contribution in [3.8, 4) is 0 Å². The van der Waals surface area contributed by atoms with Gasteiger partial charge in [-0.3, -0.25) is 9.59 Å². The molecule has 1 aliphatic carbocycles. The molecule has 0 fully saturated rings. The second-order valence-electron chi connectivity index (χ2n) is 5.88. The summed E-state index contributed by atoms with van der Waals surface area (Å²) < 4.78 is 5.59. The molecule has 0 radical (unpaired) electrons. The molecule has 4 nitrogen and oxygen atoms in total. The van der Waals surface area contributed by atoms with Gasteiger partial charge in [-0.15, -0.1) is 0 Å². The van der Waals surface area contributed by atoms with E-state index in [1.807, 2.05) is 18.2 Å². The molecule has 0 bridgehead atoms. The Labute approximate surface area is 143 Å². The lowest BCUT2D eigenvalue weighted by molar-refractivity contribution is 0.0909. The molecule has 0 spiro atoms. The molecule has 1 amide bonds. The van der Waals surface area contributed by atoms with Crippen molar-refractivity contribution >= 4 is 28.5 Å². The maximum absolute atomic E-state index is 12.5. The van der Waals surface area contributed by atoms with Crippen LogP contribution in [0.5, 0.6) is 0 Å². The lowest BCUT2D eigenvalue weighted by Crippen LogP contribution is -2.27.